The maximum Gasteiger partial charge on any atom is 0.279 e. The molecule has 2 heterocycles. The topological polar surface area (TPSA) is 39.8 Å². The number of hydrogen-bond acceptors (Lipinski definition) is 2. The van der Waals surface area contributed by atoms with Gasteiger partial charge in [0.25, 0.3) is 5.56 Å². The number of aromatic nitrogens is 3. The Morgan fingerprint density at radius 1 is 1.20 bits per heavy atom. The summed E-state index contributed by atoms with van der Waals surface area (Å²) in [6, 6.07) is 8.51. The summed E-state index contributed by atoms with van der Waals surface area (Å²) in [7, 11) is 1.95. The molecular weight excluding hydrogens is 250 g/mol. The summed E-state index contributed by atoms with van der Waals surface area (Å²) in [5, 5.41) is 1.12. The van der Waals surface area contributed by atoms with Crippen LogP contribution in [0, 0.1) is 0 Å². The summed E-state index contributed by atoms with van der Waals surface area (Å²) in [4.78, 5) is 17.2. The van der Waals surface area contributed by atoms with Crippen LogP contribution in [0.15, 0.2) is 35.4 Å². The molecule has 0 aliphatic heterocycles. The molecule has 0 radical (unpaired) electrons. The number of benzene rings is 1. The molecule has 0 bridgehead atoms. The van der Waals surface area contributed by atoms with Gasteiger partial charge >= 0.3 is 0 Å². The van der Waals surface area contributed by atoms with Gasteiger partial charge in [0.1, 0.15) is 0 Å². The zero-order valence-electron chi connectivity index (χ0n) is 11.5. The molecule has 3 aromatic rings. The number of rotatable bonds is 1. The molecule has 0 atom stereocenters. The number of hydrogen-bond donors (Lipinski definition) is 0. The minimum atomic E-state index is 0.0613. The maximum absolute atomic E-state index is 12.8. The minimum Gasteiger partial charge on any atom is -0.333 e. The highest BCUT2D eigenvalue weighted by atomic mass is 16.1. The molecule has 1 aliphatic rings. The third-order valence-corrected chi connectivity index (χ3v) is 4.47. The van der Waals surface area contributed by atoms with Crippen LogP contribution in [0.4, 0.5) is 0 Å². The zero-order valence-corrected chi connectivity index (χ0v) is 11.5. The summed E-state index contributed by atoms with van der Waals surface area (Å²) < 4.78 is 3.93. The molecule has 20 heavy (non-hydrogen) atoms. The van der Waals surface area contributed by atoms with E-state index in [0.717, 1.165) is 29.3 Å². The molecule has 4 heteroatoms. The zero-order chi connectivity index (χ0) is 13.7. The highest BCUT2D eigenvalue weighted by molar-refractivity contribution is 6.02. The largest absolute Gasteiger partial charge is 0.333 e. The molecule has 0 saturated heterocycles. The van der Waals surface area contributed by atoms with Crippen LogP contribution in [0.5, 0.6) is 0 Å². The van der Waals surface area contributed by atoms with Gasteiger partial charge in [-0.1, -0.05) is 31.0 Å². The predicted octanol–water partition coefficient (Wildman–Crippen LogP) is 3.00. The van der Waals surface area contributed by atoms with Gasteiger partial charge in [-0.05, 0) is 18.9 Å². The van der Waals surface area contributed by atoms with Gasteiger partial charge in [0, 0.05) is 18.5 Å². The Morgan fingerprint density at radius 2 is 1.95 bits per heavy atom. The minimum absolute atomic E-state index is 0.0613. The first-order valence-corrected chi connectivity index (χ1v) is 7.21. The van der Waals surface area contributed by atoms with Crippen molar-refractivity contribution in [1.29, 1.82) is 0 Å². The summed E-state index contributed by atoms with van der Waals surface area (Å²) in [5.41, 5.74) is 2.64. The van der Waals surface area contributed by atoms with Gasteiger partial charge in [-0.15, -0.1) is 0 Å². The SMILES string of the molecule is Cn1cnc2c(=O)n(C3CCCC3)c3ccccc3c21. The highest BCUT2D eigenvalue weighted by Crippen LogP contribution is 2.32. The van der Waals surface area contributed by atoms with Crippen molar-refractivity contribution in [3.8, 4) is 0 Å². The molecule has 1 fully saturated rings. The van der Waals surface area contributed by atoms with E-state index in [1.165, 1.54) is 12.8 Å². The molecular formula is C16H17N3O. The summed E-state index contributed by atoms with van der Waals surface area (Å²) in [6.07, 6.45) is 6.36. The Kier molecular flexibility index (Phi) is 2.46. The third kappa shape index (κ3) is 1.48. The smallest absolute Gasteiger partial charge is 0.279 e. The van der Waals surface area contributed by atoms with Crippen LogP contribution in [0.1, 0.15) is 31.7 Å². The lowest BCUT2D eigenvalue weighted by Crippen LogP contribution is -2.24. The van der Waals surface area contributed by atoms with Crippen LogP contribution in [0.2, 0.25) is 0 Å². The average Bonchev–Trinajstić information content (AvgIpc) is 3.10. The van der Waals surface area contributed by atoms with E-state index in [-0.39, 0.29) is 5.56 Å². The fourth-order valence-corrected chi connectivity index (χ4v) is 3.54. The van der Waals surface area contributed by atoms with Crippen LogP contribution >= 0.6 is 0 Å². The van der Waals surface area contributed by atoms with Gasteiger partial charge in [0.15, 0.2) is 5.52 Å². The van der Waals surface area contributed by atoms with Crippen LogP contribution < -0.4 is 5.56 Å². The van der Waals surface area contributed by atoms with Crippen LogP contribution in [-0.2, 0) is 7.05 Å². The Hall–Kier alpha value is -2.10. The lowest BCUT2D eigenvalue weighted by Gasteiger charge is -2.17. The molecule has 102 valence electrons. The van der Waals surface area contributed by atoms with E-state index in [4.69, 9.17) is 0 Å². The lowest BCUT2D eigenvalue weighted by molar-refractivity contribution is 0.522. The molecule has 1 aliphatic carbocycles. The third-order valence-electron chi connectivity index (χ3n) is 4.47. The van der Waals surface area contributed by atoms with E-state index in [1.54, 1.807) is 6.33 Å². The average molecular weight is 267 g/mol. The number of nitrogens with zero attached hydrogens (tertiary/aromatic N) is 3. The van der Waals surface area contributed by atoms with Crippen molar-refractivity contribution in [3.63, 3.8) is 0 Å². The Bertz CT molecular complexity index is 853. The Labute approximate surface area is 116 Å². The Balaban J connectivity index is 2.20. The van der Waals surface area contributed by atoms with Crippen molar-refractivity contribution in [1.82, 2.24) is 14.1 Å². The van der Waals surface area contributed by atoms with Crippen molar-refractivity contribution in [3.05, 3.63) is 40.9 Å². The molecule has 2 aromatic heterocycles. The second kappa shape index (κ2) is 4.20. The summed E-state index contributed by atoms with van der Waals surface area (Å²) >= 11 is 0. The van der Waals surface area contributed by atoms with Crippen LogP contribution in [0.3, 0.4) is 0 Å². The first-order chi connectivity index (χ1) is 9.77. The molecule has 4 nitrogen and oxygen atoms in total. The monoisotopic (exact) mass is 267 g/mol. The second-order valence-corrected chi connectivity index (χ2v) is 5.68. The number of imidazole rings is 1. The van der Waals surface area contributed by atoms with Crippen molar-refractivity contribution in [2.45, 2.75) is 31.7 Å². The molecule has 1 saturated carbocycles. The molecule has 0 spiro atoms. The first kappa shape index (κ1) is 11.7. The normalized spacial score (nSPS) is 16.4. The quantitative estimate of drug-likeness (QED) is 0.680. The van der Waals surface area contributed by atoms with Crippen LogP contribution in [0.25, 0.3) is 21.9 Å². The number of pyridine rings is 1. The van der Waals surface area contributed by atoms with E-state index in [0.29, 0.717) is 11.6 Å². The summed E-state index contributed by atoms with van der Waals surface area (Å²) in [6.45, 7) is 0. The highest BCUT2D eigenvalue weighted by Gasteiger charge is 2.22. The van der Waals surface area contributed by atoms with Crippen molar-refractivity contribution < 1.29 is 0 Å². The van der Waals surface area contributed by atoms with Gasteiger partial charge in [0.2, 0.25) is 0 Å². The fraction of sp³-hybridized carbons (Fsp3) is 0.375. The van der Waals surface area contributed by atoms with Gasteiger partial charge in [-0.2, -0.15) is 0 Å². The standard InChI is InChI=1S/C16H17N3O/c1-18-10-17-14-15(18)12-8-4-5-9-13(12)19(16(14)20)11-6-2-3-7-11/h4-5,8-11H,2-3,6-7H2,1H3. The van der Waals surface area contributed by atoms with Crippen molar-refractivity contribution in [2.24, 2.45) is 7.05 Å². The van der Waals surface area contributed by atoms with Gasteiger partial charge in [0.05, 0.1) is 17.4 Å². The molecule has 4 rings (SSSR count). The molecule has 0 N–H and O–H groups in total. The lowest BCUT2D eigenvalue weighted by atomic mass is 10.1. The maximum atomic E-state index is 12.8. The van der Waals surface area contributed by atoms with Gasteiger partial charge < -0.3 is 9.13 Å². The van der Waals surface area contributed by atoms with Crippen molar-refractivity contribution in [2.75, 3.05) is 0 Å². The van der Waals surface area contributed by atoms with E-state index >= 15 is 0 Å². The number of fused-ring (bicyclic) bond motifs is 3. The number of para-hydroxylation sites is 1. The summed E-state index contributed by atoms with van der Waals surface area (Å²) in [5.74, 6) is 0. The van der Waals surface area contributed by atoms with E-state index in [1.807, 2.05) is 28.3 Å². The van der Waals surface area contributed by atoms with Gasteiger partial charge in [-0.25, -0.2) is 4.98 Å². The first-order valence-electron chi connectivity index (χ1n) is 7.21. The second-order valence-electron chi connectivity index (χ2n) is 5.68. The van der Waals surface area contributed by atoms with E-state index in [2.05, 4.69) is 17.1 Å². The Morgan fingerprint density at radius 3 is 2.75 bits per heavy atom. The van der Waals surface area contributed by atoms with Crippen LogP contribution in [-0.4, -0.2) is 14.1 Å². The molecule has 0 amide bonds. The predicted molar refractivity (Wildman–Crippen MR) is 80.0 cm³/mol. The number of aryl methyl sites for hydroxylation is 1. The van der Waals surface area contributed by atoms with Gasteiger partial charge in [-0.3, -0.25) is 4.79 Å². The fourth-order valence-electron chi connectivity index (χ4n) is 3.54. The van der Waals surface area contributed by atoms with E-state index < -0.39 is 0 Å². The molecule has 0 unspecified atom stereocenters. The molecule has 1 aromatic carbocycles. The van der Waals surface area contributed by atoms with Crippen molar-refractivity contribution >= 4 is 21.9 Å². The van der Waals surface area contributed by atoms with E-state index in [9.17, 15) is 4.79 Å².